The average molecular weight is 386 g/mol. The normalized spacial score (nSPS) is 12.2. The summed E-state index contributed by atoms with van der Waals surface area (Å²) in [5.74, 6) is 0.126. The lowest BCUT2D eigenvalue weighted by molar-refractivity contribution is 0.584. The summed E-state index contributed by atoms with van der Waals surface area (Å²) in [5.41, 5.74) is 1.94. The third kappa shape index (κ3) is 5.07. The number of sulfonamides is 1. The molecule has 0 aliphatic carbocycles. The van der Waals surface area contributed by atoms with E-state index in [2.05, 4.69) is 4.72 Å². The minimum Gasteiger partial charge on any atom is -0.212 e. The smallest absolute Gasteiger partial charge is 0.212 e. The topological polar surface area (TPSA) is 80.3 Å². The van der Waals surface area contributed by atoms with Crippen molar-refractivity contribution in [2.24, 2.45) is 0 Å². The second kappa shape index (κ2) is 7.69. The molecule has 0 aliphatic rings. The SMILES string of the molecule is Cc1ccc(S(=O)(=O)NCCSS(=O)(=O)c2ccc(C)cc2)cc1. The van der Waals surface area contributed by atoms with E-state index >= 15 is 0 Å². The molecule has 2 aromatic carbocycles. The Morgan fingerprint density at radius 3 is 1.75 bits per heavy atom. The van der Waals surface area contributed by atoms with Crippen LogP contribution in [0.2, 0.25) is 0 Å². The van der Waals surface area contributed by atoms with E-state index in [-0.39, 0.29) is 22.1 Å². The van der Waals surface area contributed by atoms with Crippen molar-refractivity contribution in [3.63, 3.8) is 0 Å². The van der Waals surface area contributed by atoms with Crippen LogP contribution in [-0.2, 0) is 18.9 Å². The van der Waals surface area contributed by atoms with Crippen LogP contribution < -0.4 is 4.72 Å². The molecule has 0 spiro atoms. The number of nitrogens with one attached hydrogen (secondary N) is 1. The third-order valence-corrected chi connectivity index (χ3v) is 8.29. The summed E-state index contributed by atoms with van der Waals surface area (Å²) in [6, 6.07) is 13.0. The van der Waals surface area contributed by atoms with Gasteiger partial charge >= 0.3 is 0 Å². The Bertz CT molecular complexity index is 810. The minimum absolute atomic E-state index is 0.0337. The molecule has 0 aliphatic heterocycles. The first-order valence-electron chi connectivity index (χ1n) is 7.23. The van der Waals surface area contributed by atoms with Gasteiger partial charge in [0.15, 0.2) is 0 Å². The van der Waals surface area contributed by atoms with E-state index in [0.29, 0.717) is 0 Å². The quantitative estimate of drug-likeness (QED) is 0.585. The molecule has 0 amide bonds. The molecule has 0 unspecified atom stereocenters. The van der Waals surface area contributed by atoms with Gasteiger partial charge in [-0.1, -0.05) is 35.4 Å². The molecule has 8 heteroatoms. The molecule has 0 fully saturated rings. The van der Waals surface area contributed by atoms with Crippen LogP contribution in [0.3, 0.4) is 0 Å². The molecule has 0 aromatic heterocycles. The summed E-state index contributed by atoms with van der Waals surface area (Å²) >= 11 is 0. The van der Waals surface area contributed by atoms with Crippen LogP contribution in [0.5, 0.6) is 0 Å². The lowest BCUT2D eigenvalue weighted by atomic mass is 10.2. The summed E-state index contributed by atoms with van der Waals surface area (Å²) < 4.78 is 50.9. The lowest BCUT2D eigenvalue weighted by Crippen LogP contribution is -2.26. The van der Waals surface area contributed by atoms with Gasteiger partial charge < -0.3 is 0 Å². The Morgan fingerprint density at radius 1 is 0.792 bits per heavy atom. The van der Waals surface area contributed by atoms with Gasteiger partial charge in [0.05, 0.1) is 9.79 Å². The predicted octanol–water partition coefficient (Wildman–Crippen LogP) is 2.70. The monoisotopic (exact) mass is 385 g/mol. The van der Waals surface area contributed by atoms with Gasteiger partial charge in [-0.25, -0.2) is 21.6 Å². The maximum Gasteiger partial charge on any atom is 0.240 e. The van der Waals surface area contributed by atoms with Crippen LogP contribution in [0.15, 0.2) is 58.3 Å². The Hall–Kier alpha value is -1.35. The van der Waals surface area contributed by atoms with Crippen molar-refractivity contribution in [2.45, 2.75) is 23.6 Å². The van der Waals surface area contributed by atoms with Crippen molar-refractivity contribution in [3.05, 3.63) is 59.7 Å². The van der Waals surface area contributed by atoms with Crippen molar-refractivity contribution >= 4 is 29.7 Å². The second-order valence-electron chi connectivity index (χ2n) is 5.30. The van der Waals surface area contributed by atoms with Gasteiger partial charge in [-0.05, 0) is 48.9 Å². The zero-order valence-electron chi connectivity index (χ0n) is 13.4. The lowest BCUT2D eigenvalue weighted by Gasteiger charge is -2.07. The number of hydrogen-bond donors (Lipinski definition) is 1. The fraction of sp³-hybridized carbons (Fsp3) is 0.250. The van der Waals surface area contributed by atoms with Gasteiger partial charge in [0.2, 0.25) is 18.9 Å². The van der Waals surface area contributed by atoms with Crippen LogP contribution in [-0.4, -0.2) is 29.1 Å². The molecule has 0 heterocycles. The Kier molecular flexibility index (Phi) is 6.08. The highest BCUT2D eigenvalue weighted by Gasteiger charge is 2.17. The molecule has 0 radical (unpaired) electrons. The Morgan fingerprint density at radius 2 is 1.25 bits per heavy atom. The molecule has 0 bridgehead atoms. The van der Waals surface area contributed by atoms with Crippen LogP contribution in [0.4, 0.5) is 0 Å². The Balaban J connectivity index is 1.92. The average Bonchev–Trinajstić information content (AvgIpc) is 2.52. The Labute approximate surface area is 146 Å². The van der Waals surface area contributed by atoms with E-state index < -0.39 is 18.9 Å². The van der Waals surface area contributed by atoms with Crippen LogP contribution in [0.25, 0.3) is 0 Å². The third-order valence-electron chi connectivity index (χ3n) is 3.27. The van der Waals surface area contributed by atoms with E-state index in [0.717, 1.165) is 21.9 Å². The highest BCUT2D eigenvalue weighted by Crippen LogP contribution is 2.23. The second-order valence-corrected chi connectivity index (χ2v) is 11.1. The van der Waals surface area contributed by atoms with Gasteiger partial charge in [-0.2, -0.15) is 0 Å². The van der Waals surface area contributed by atoms with E-state index in [1.165, 1.54) is 12.1 Å². The number of hydrogen-bond acceptors (Lipinski definition) is 5. The molecule has 1 N–H and O–H groups in total. The molecular weight excluding hydrogens is 366 g/mol. The molecule has 0 atom stereocenters. The molecule has 0 saturated heterocycles. The molecule has 24 heavy (non-hydrogen) atoms. The predicted molar refractivity (Wildman–Crippen MR) is 97.2 cm³/mol. The molecule has 2 aromatic rings. The fourth-order valence-corrected chi connectivity index (χ4v) is 5.72. The maximum absolute atomic E-state index is 12.2. The first-order chi connectivity index (χ1) is 11.2. The van der Waals surface area contributed by atoms with Crippen LogP contribution in [0.1, 0.15) is 11.1 Å². The van der Waals surface area contributed by atoms with E-state index in [1.54, 1.807) is 36.4 Å². The first kappa shape index (κ1) is 19.0. The zero-order chi connectivity index (χ0) is 17.8. The number of benzene rings is 2. The molecule has 0 saturated carbocycles. The van der Waals surface area contributed by atoms with Crippen LogP contribution in [0, 0.1) is 13.8 Å². The van der Waals surface area contributed by atoms with E-state index in [1.807, 2.05) is 13.8 Å². The molecule has 2 rings (SSSR count). The highest BCUT2D eigenvalue weighted by atomic mass is 33.1. The van der Waals surface area contributed by atoms with Crippen molar-refractivity contribution in [1.82, 2.24) is 4.72 Å². The van der Waals surface area contributed by atoms with Crippen molar-refractivity contribution < 1.29 is 16.8 Å². The standard InChI is InChI=1S/C16H19NO4S3/c1-13-3-7-15(8-4-13)23(18,19)17-11-12-22-24(20,21)16-9-5-14(2)6-10-16/h3-10,17H,11-12H2,1-2H3. The zero-order valence-corrected chi connectivity index (χ0v) is 15.8. The van der Waals surface area contributed by atoms with Gasteiger partial charge in [0.25, 0.3) is 0 Å². The summed E-state index contributed by atoms with van der Waals surface area (Å²) in [7, 11) is -6.39. The van der Waals surface area contributed by atoms with Gasteiger partial charge in [0, 0.05) is 12.3 Å². The largest absolute Gasteiger partial charge is 0.240 e. The highest BCUT2D eigenvalue weighted by molar-refractivity contribution is 8.72. The molecule has 130 valence electrons. The van der Waals surface area contributed by atoms with Gasteiger partial charge in [-0.15, -0.1) is 0 Å². The van der Waals surface area contributed by atoms with Gasteiger partial charge in [-0.3, -0.25) is 0 Å². The summed E-state index contributed by atoms with van der Waals surface area (Å²) in [6.45, 7) is 3.78. The maximum atomic E-state index is 12.2. The minimum atomic E-state index is -3.62. The number of aryl methyl sites for hydroxylation is 2. The van der Waals surface area contributed by atoms with E-state index in [4.69, 9.17) is 0 Å². The summed E-state index contributed by atoms with van der Waals surface area (Å²) in [5, 5.41) is 0. The summed E-state index contributed by atoms with van der Waals surface area (Å²) in [4.78, 5) is 0.388. The molecule has 5 nitrogen and oxygen atoms in total. The van der Waals surface area contributed by atoms with Crippen molar-refractivity contribution in [2.75, 3.05) is 12.3 Å². The van der Waals surface area contributed by atoms with Gasteiger partial charge in [0.1, 0.15) is 0 Å². The summed E-state index contributed by atoms with van der Waals surface area (Å²) in [6.07, 6.45) is 0. The van der Waals surface area contributed by atoms with Crippen molar-refractivity contribution in [1.29, 1.82) is 0 Å². The van der Waals surface area contributed by atoms with E-state index in [9.17, 15) is 16.8 Å². The number of rotatable bonds is 7. The van der Waals surface area contributed by atoms with Crippen LogP contribution >= 0.6 is 10.8 Å². The first-order valence-corrected chi connectivity index (χ1v) is 11.7. The van der Waals surface area contributed by atoms with Crippen molar-refractivity contribution in [3.8, 4) is 0 Å². The molecular formula is C16H19NO4S3. The fourth-order valence-electron chi connectivity index (χ4n) is 1.90.